The molecule has 0 amide bonds. The van der Waals surface area contributed by atoms with E-state index in [4.69, 9.17) is 10.00 Å². The maximum absolute atomic E-state index is 13.6. The van der Waals surface area contributed by atoms with Gasteiger partial charge in [0.05, 0.1) is 12.8 Å². The van der Waals surface area contributed by atoms with Gasteiger partial charge in [0.2, 0.25) is 0 Å². The third-order valence-corrected chi connectivity index (χ3v) is 4.98. The van der Waals surface area contributed by atoms with Crippen LogP contribution in [0.15, 0.2) is 42.5 Å². The van der Waals surface area contributed by atoms with Crippen molar-refractivity contribution in [1.82, 2.24) is 4.90 Å². The second kappa shape index (κ2) is 8.68. The molecule has 5 heteroatoms. The number of halogens is 1. The predicted molar refractivity (Wildman–Crippen MR) is 101 cm³/mol. The van der Waals surface area contributed by atoms with Gasteiger partial charge in [0.1, 0.15) is 23.2 Å². The largest absolute Gasteiger partial charge is 0.497 e. The highest BCUT2D eigenvalue weighted by molar-refractivity contribution is 5.57. The van der Waals surface area contributed by atoms with E-state index in [0.717, 1.165) is 44.8 Å². The van der Waals surface area contributed by atoms with E-state index in [1.54, 1.807) is 19.2 Å². The van der Waals surface area contributed by atoms with Crippen LogP contribution in [-0.2, 0) is 6.54 Å². The molecule has 0 unspecified atom stereocenters. The number of nitrogens with one attached hydrogen (secondary N) is 1. The first kappa shape index (κ1) is 18.2. The molecule has 0 bridgehead atoms. The van der Waals surface area contributed by atoms with Crippen molar-refractivity contribution in [2.45, 2.75) is 19.4 Å². The van der Waals surface area contributed by atoms with E-state index in [9.17, 15) is 4.39 Å². The van der Waals surface area contributed by atoms with E-state index in [0.29, 0.717) is 11.6 Å². The lowest BCUT2D eigenvalue weighted by Gasteiger charge is -2.32. The molecule has 1 heterocycles. The lowest BCUT2D eigenvalue weighted by atomic mass is 9.96. The van der Waals surface area contributed by atoms with Gasteiger partial charge in [-0.15, -0.1) is 0 Å². The molecule has 2 aromatic carbocycles. The zero-order valence-corrected chi connectivity index (χ0v) is 15.0. The van der Waals surface area contributed by atoms with Crippen LogP contribution >= 0.6 is 0 Å². The van der Waals surface area contributed by atoms with E-state index in [1.165, 1.54) is 11.6 Å². The van der Waals surface area contributed by atoms with Gasteiger partial charge in [-0.1, -0.05) is 18.2 Å². The molecule has 0 atom stereocenters. The molecule has 2 aromatic rings. The first-order valence-electron chi connectivity index (χ1n) is 8.97. The number of rotatable bonds is 6. The van der Waals surface area contributed by atoms with Gasteiger partial charge in [-0.25, -0.2) is 4.39 Å². The quantitative estimate of drug-likeness (QED) is 0.852. The second-order valence-electron chi connectivity index (χ2n) is 6.72. The number of methoxy groups -OCH3 is 1. The highest BCUT2D eigenvalue weighted by Crippen LogP contribution is 2.23. The Morgan fingerprint density at radius 2 is 1.92 bits per heavy atom. The first-order chi connectivity index (χ1) is 12.7. The fourth-order valence-corrected chi connectivity index (χ4v) is 3.38. The van der Waals surface area contributed by atoms with Crippen molar-refractivity contribution in [3.8, 4) is 11.8 Å². The van der Waals surface area contributed by atoms with Gasteiger partial charge >= 0.3 is 0 Å². The number of benzene rings is 2. The fraction of sp³-hybridized carbons (Fsp3) is 0.381. The molecule has 136 valence electrons. The van der Waals surface area contributed by atoms with Gasteiger partial charge < -0.3 is 10.1 Å². The number of likely N-dealkylation sites (tertiary alicyclic amines) is 1. The van der Waals surface area contributed by atoms with Gasteiger partial charge in [-0.2, -0.15) is 5.26 Å². The summed E-state index contributed by atoms with van der Waals surface area (Å²) in [5.74, 6) is 0.955. The standard InChI is InChI=1S/C21H24FN3O/c1-26-18-7-5-17(6-8-18)15-25-11-9-16(10-12-25)14-24-21-4-2-3-20(22)19(21)13-23/h2-8,16,24H,9-12,14-15H2,1H3. The zero-order valence-electron chi connectivity index (χ0n) is 15.0. The van der Waals surface area contributed by atoms with Crippen LogP contribution in [-0.4, -0.2) is 31.6 Å². The van der Waals surface area contributed by atoms with Crippen LogP contribution in [0.3, 0.4) is 0 Å². The Hall–Kier alpha value is -2.58. The summed E-state index contributed by atoms with van der Waals surface area (Å²) in [6.45, 7) is 3.82. The lowest BCUT2D eigenvalue weighted by Crippen LogP contribution is -2.35. The molecule has 0 spiro atoms. The molecular weight excluding hydrogens is 329 g/mol. The van der Waals surface area contributed by atoms with E-state index >= 15 is 0 Å². The van der Waals surface area contributed by atoms with Crippen LogP contribution in [0.2, 0.25) is 0 Å². The van der Waals surface area contributed by atoms with Crippen LogP contribution in [0.4, 0.5) is 10.1 Å². The smallest absolute Gasteiger partial charge is 0.143 e. The minimum Gasteiger partial charge on any atom is -0.497 e. The monoisotopic (exact) mass is 353 g/mol. The Morgan fingerprint density at radius 1 is 1.19 bits per heavy atom. The van der Waals surface area contributed by atoms with Crippen molar-refractivity contribution in [2.24, 2.45) is 5.92 Å². The van der Waals surface area contributed by atoms with E-state index in [2.05, 4.69) is 22.3 Å². The fourth-order valence-electron chi connectivity index (χ4n) is 3.38. The third-order valence-electron chi connectivity index (χ3n) is 4.98. The van der Waals surface area contributed by atoms with Gasteiger partial charge in [-0.05, 0) is 61.7 Å². The number of nitriles is 1. The number of ether oxygens (including phenoxy) is 1. The zero-order chi connectivity index (χ0) is 18.4. The van der Waals surface area contributed by atoms with Crippen LogP contribution in [0.1, 0.15) is 24.0 Å². The molecule has 1 fully saturated rings. The summed E-state index contributed by atoms with van der Waals surface area (Å²) in [4.78, 5) is 2.46. The number of hydrogen-bond acceptors (Lipinski definition) is 4. The van der Waals surface area contributed by atoms with Crippen molar-refractivity contribution < 1.29 is 9.13 Å². The minimum absolute atomic E-state index is 0.101. The molecular formula is C21H24FN3O. The summed E-state index contributed by atoms with van der Waals surface area (Å²) in [6.07, 6.45) is 2.20. The summed E-state index contributed by atoms with van der Waals surface area (Å²) in [5.41, 5.74) is 1.98. The van der Waals surface area contributed by atoms with Crippen LogP contribution in [0.5, 0.6) is 5.75 Å². The molecule has 4 nitrogen and oxygen atoms in total. The minimum atomic E-state index is -0.466. The van der Waals surface area contributed by atoms with Gasteiger partial charge in [0.15, 0.2) is 0 Å². The summed E-state index contributed by atoms with van der Waals surface area (Å²) in [6, 6.07) is 14.9. The molecule has 0 radical (unpaired) electrons. The molecule has 26 heavy (non-hydrogen) atoms. The molecule has 0 aliphatic carbocycles. The van der Waals surface area contributed by atoms with Gasteiger partial charge in [0.25, 0.3) is 0 Å². The van der Waals surface area contributed by atoms with E-state index < -0.39 is 5.82 Å². The Kier molecular flexibility index (Phi) is 6.08. The molecule has 0 aromatic heterocycles. The number of piperidine rings is 1. The highest BCUT2D eigenvalue weighted by atomic mass is 19.1. The SMILES string of the molecule is COc1ccc(CN2CCC(CNc3cccc(F)c3C#N)CC2)cc1. The maximum Gasteiger partial charge on any atom is 0.143 e. The summed E-state index contributed by atoms with van der Waals surface area (Å²) >= 11 is 0. The lowest BCUT2D eigenvalue weighted by molar-refractivity contribution is 0.182. The average Bonchev–Trinajstić information content (AvgIpc) is 2.68. The van der Waals surface area contributed by atoms with Crippen molar-refractivity contribution in [3.05, 3.63) is 59.4 Å². The second-order valence-corrected chi connectivity index (χ2v) is 6.72. The normalized spacial score (nSPS) is 15.4. The predicted octanol–water partition coefficient (Wildman–Crippen LogP) is 4.03. The molecule has 1 aliphatic rings. The van der Waals surface area contributed by atoms with E-state index in [1.807, 2.05) is 18.2 Å². The highest BCUT2D eigenvalue weighted by Gasteiger charge is 2.19. The molecule has 3 rings (SSSR count). The average molecular weight is 353 g/mol. The van der Waals surface area contributed by atoms with Crippen molar-refractivity contribution in [2.75, 3.05) is 32.1 Å². The Morgan fingerprint density at radius 3 is 2.58 bits per heavy atom. The summed E-state index contributed by atoms with van der Waals surface area (Å²) in [5, 5.41) is 12.4. The molecule has 1 aliphatic heterocycles. The van der Waals surface area contributed by atoms with Crippen molar-refractivity contribution in [1.29, 1.82) is 5.26 Å². The third kappa shape index (κ3) is 4.53. The van der Waals surface area contributed by atoms with Gasteiger partial charge in [-0.3, -0.25) is 4.90 Å². The number of anilines is 1. The summed E-state index contributed by atoms with van der Waals surface area (Å²) < 4.78 is 18.8. The van der Waals surface area contributed by atoms with Crippen molar-refractivity contribution >= 4 is 5.69 Å². The van der Waals surface area contributed by atoms with Crippen molar-refractivity contribution in [3.63, 3.8) is 0 Å². The molecule has 1 N–H and O–H groups in total. The first-order valence-corrected chi connectivity index (χ1v) is 8.97. The maximum atomic E-state index is 13.6. The topological polar surface area (TPSA) is 48.3 Å². The Balaban J connectivity index is 1.47. The number of hydrogen-bond donors (Lipinski definition) is 1. The molecule has 0 saturated carbocycles. The number of nitrogens with zero attached hydrogens (tertiary/aromatic N) is 2. The van der Waals surface area contributed by atoms with Crippen LogP contribution in [0, 0.1) is 23.1 Å². The Bertz CT molecular complexity index is 762. The summed E-state index contributed by atoms with van der Waals surface area (Å²) in [7, 11) is 1.68. The molecule has 1 saturated heterocycles. The van der Waals surface area contributed by atoms with Gasteiger partial charge in [0, 0.05) is 13.1 Å². The van der Waals surface area contributed by atoms with Crippen LogP contribution in [0.25, 0.3) is 0 Å². The van der Waals surface area contributed by atoms with E-state index in [-0.39, 0.29) is 5.56 Å². The van der Waals surface area contributed by atoms with Crippen LogP contribution < -0.4 is 10.1 Å². The Labute approximate surface area is 154 Å².